The molecule has 0 radical (unpaired) electrons. The third kappa shape index (κ3) is 2.36. The summed E-state index contributed by atoms with van der Waals surface area (Å²) >= 11 is 6.07. The fourth-order valence-electron chi connectivity index (χ4n) is 2.97. The van der Waals surface area contributed by atoms with Gasteiger partial charge in [0, 0.05) is 10.9 Å². The molecule has 6 heteroatoms. The Balaban J connectivity index is 1.91. The minimum atomic E-state index is -3.65. The fraction of sp³-hybridized carbons (Fsp3) is 0.176. The number of halogens is 1. The minimum absolute atomic E-state index is 0.125. The molecule has 0 amide bonds. The van der Waals surface area contributed by atoms with Crippen molar-refractivity contribution in [3.05, 3.63) is 58.8 Å². The minimum Gasteiger partial charge on any atom is -0.459 e. The zero-order chi connectivity index (χ0) is 16.0. The Morgan fingerprint density at radius 3 is 2.78 bits per heavy atom. The number of nitrogens with one attached hydrogen (secondary N) is 1. The Morgan fingerprint density at radius 1 is 1.13 bits per heavy atom. The monoisotopic (exact) mass is 347 g/mol. The highest BCUT2D eigenvalue weighted by atomic mass is 35.5. The number of fused-ring (bicyclic) bond motifs is 3. The predicted molar refractivity (Wildman–Crippen MR) is 88.5 cm³/mol. The van der Waals surface area contributed by atoms with E-state index in [1.807, 2.05) is 0 Å². The van der Waals surface area contributed by atoms with Crippen LogP contribution in [0.1, 0.15) is 11.3 Å². The quantitative estimate of drug-likeness (QED) is 0.770. The van der Waals surface area contributed by atoms with Crippen molar-refractivity contribution in [3.63, 3.8) is 0 Å². The second-order valence-corrected chi connectivity index (χ2v) is 7.85. The van der Waals surface area contributed by atoms with Crippen LogP contribution in [0.3, 0.4) is 0 Å². The molecule has 1 aliphatic heterocycles. The average molecular weight is 348 g/mol. The lowest BCUT2D eigenvalue weighted by Gasteiger charge is -2.11. The van der Waals surface area contributed by atoms with Crippen molar-refractivity contribution in [1.82, 2.24) is 5.32 Å². The van der Waals surface area contributed by atoms with Gasteiger partial charge in [0.25, 0.3) is 0 Å². The van der Waals surface area contributed by atoms with Crippen molar-refractivity contribution in [2.45, 2.75) is 22.8 Å². The van der Waals surface area contributed by atoms with Crippen molar-refractivity contribution in [1.29, 1.82) is 0 Å². The Kier molecular flexibility index (Phi) is 3.44. The molecule has 0 atom stereocenters. The summed E-state index contributed by atoms with van der Waals surface area (Å²) in [4.78, 5) is 0.361. The van der Waals surface area contributed by atoms with E-state index in [4.69, 9.17) is 16.0 Å². The number of benzene rings is 2. The highest BCUT2D eigenvalue weighted by molar-refractivity contribution is 7.91. The predicted octanol–water partition coefficient (Wildman–Crippen LogP) is 3.56. The van der Waals surface area contributed by atoms with Crippen molar-refractivity contribution in [2.75, 3.05) is 6.54 Å². The van der Waals surface area contributed by atoms with E-state index < -0.39 is 9.84 Å². The molecule has 1 N–H and O–H groups in total. The van der Waals surface area contributed by atoms with Crippen LogP contribution < -0.4 is 5.32 Å². The Bertz CT molecular complexity index is 1010. The van der Waals surface area contributed by atoms with Gasteiger partial charge in [0.1, 0.15) is 11.3 Å². The molecule has 0 fully saturated rings. The first-order chi connectivity index (χ1) is 11.1. The van der Waals surface area contributed by atoms with Gasteiger partial charge in [0.2, 0.25) is 9.84 Å². The Morgan fingerprint density at radius 2 is 1.96 bits per heavy atom. The first-order valence-corrected chi connectivity index (χ1v) is 9.18. The van der Waals surface area contributed by atoms with E-state index in [1.54, 1.807) is 36.4 Å². The van der Waals surface area contributed by atoms with Gasteiger partial charge in [0.05, 0.1) is 21.4 Å². The normalized spacial score (nSPS) is 14.8. The summed E-state index contributed by atoms with van der Waals surface area (Å²) in [5.74, 6) is 0.888. The first-order valence-electron chi connectivity index (χ1n) is 7.32. The van der Waals surface area contributed by atoms with Gasteiger partial charge >= 0.3 is 0 Å². The summed E-state index contributed by atoms with van der Waals surface area (Å²) in [5, 5.41) is 4.35. The number of hydrogen-bond donors (Lipinski definition) is 1. The molecule has 0 saturated heterocycles. The molecule has 1 aromatic heterocycles. The zero-order valence-corrected chi connectivity index (χ0v) is 13.7. The topological polar surface area (TPSA) is 59.3 Å². The molecule has 0 bridgehead atoms. The van der Waals surface area contributed by atoms with Crippen molar-refractivity contribution in [2.24, 2.45) is 0 Å². The molecule has 2 heterocycles. The highest BCUT2D eigenvalue weighted by Gasteiger charge is 2.23. The molecule has 1 aliphatic rings. The van der Waals surface area contributed by atoms with E-state index in [-0.39, 0.29) is 14.8 Å². The lowest BCUT2D eigenvalue weighted by atomic mass is 10.1. The van der Waals surface area contributed by atoms with E-state index >= 15 is 0 Å². The second kappa shape index (κ2) is 5.37. The largest absolute Gasteiger partial charge is 0.459 e. The fourth-order valence-corrected chi connectivity index (χ4v) is 4.76. The third-order valence-corrected chi connectivity index (χ3v) is 6.37. The number of hydrogen-bond acceptors (Lipinski definition) is 4. The van der Waals surface area contributed by atoms with Gasteiger partial charge in [-0.15, -0.1) is 0 Å². The summed E-state index contributed by atoms with van der Waals surface area (Å²) < 4.78 is 31.5. The van der Waals surface area contributed by atoms with Crippen LogP contribution in [0.15, 0.2) is 56.7 Å². The number of rotatable bonds is 2. The van der Waals surface area contributed by atoms with Crippen LogP contribution in [0.25, 0.3) is 11.0 Å². The second-order valence-electron chi connectivity index (χ2n) is 5.52. The van der Waals surface area contributed by atoms with Crippen LogP contribution >= 0.6 is 11.6 Å². The van der Waals surface area contributed by atoms with Crippen LogP contribution in [0.4, 0.5) is 0 Å². The van der Waals surface area contributed by atoms with Gasteiger partial charge in [-0.05, 0) is 43.3 Å². The van der Waals surface area contributed by atoms with Gasteiger partial charge in [0.15, 0.2) is 0 Å². The van der Waals surface area contributed by atoms with Crippen LogP contribution in [-0.4, -0.2) is 15.0 Å². The summed E-state index contributed by atoms with van der Waals surface area (Å²) in [5.41, 5.74) is 1.81. The molecular weight excluding hydrogens is 334 g/mol. The maximum absolute atomic E-state index is 12.9. The maximum Gasteiger partial charge on any atom is 0.208 e. The van der Waals surface area contributed by atoms with E-state index in [2.05, 4.69) is 5.32 Å². The van der Waals surface area contributed by atoms with Gasteiger partial charge in [-0.25, -0.2) is 8.42 Å². The van der Waals surface area contributed by atoms with Crippen LogP contribution in [0.5, 0.6) is 0 Å². The van der Waals surface area contributed by atoms with E-state index in [9.17, 15) is 8.42 Å². The first kappa shape index (κ1) is 14.8. The molecule has 0 spiro atoms. The molecule has 0 aliphatic carbocycles. The van der Waals surface area contributed by atoms with E-state index in [0.717, 1.165) is 35.3 Å². The molecule has 118 valence electrons. The smallest absolute Gasteiger partial charge is 0.208 e. The van der Waals surface area contributed by atoms with Crippen LogP contribution in [-0.2, 0) is 22.8 Å². The lowest BCUT2D eigenvalue weighted by molar-refractivity contribution is 0.488. The van der Waals surface area contributed by atoms with Crippen molar-refractivity contribution < 1.29 is 12.8 Å². The molecule has 0 saturated carbocycles. The van der Waals surface area contributed by atoms with E-state index in [0.29, 0.717) is 6.54 Å². The van der Waals surface area contributed by atoms with Gasteiger partial charge in [-0.1, -0.05) is 23.7 Å². The summed E-state index contributed by atoms with van der Waals surface area (Å²) in [7, 11) is -3.65. The number of sulfone groups is 1. The summed E-state index contributed by atoms with van der Waals surface area (Å²) in [6.07, 6.45) is 0.831. The van der Waals surface area contributed by atoms with Crippen LogP contribution in [0.2, 0.25) is 5.02 Å². The number of furan rings is 1. The lowest BCUT2D eigenvalue weighted by Crippen LogP contribution is -2.22. The molecule has 2 aromatic carbocycles. The molecular formula is C17H14ClNO3S. The third-order valence-electron chi connectivity index (χ3n) is 4.12. The Hall–Kier alpha value is -1.82. The maximum atomic E-state index is 12.9. The molecule has 0 unspecified atom stereocenters. The van der Waals surface area contributed by atoms with Crippen LogP contribution in [0, 0.1) is 0 Å². The van der Waals surface area contributed by atoms with Gasteiger partial charge in [-0.3, -0.25) is 0 Å². The zero-order valence-electron chi connectivity index (χ0n) is 12.2. The van der Waals surface area contributed by atoms with Gasteiger partial charge < -0.3 is 9.73 Å². The molecule has 23 heavy (non-hydrogen) atoms. The van der Waals surface area contributed by atoms with Crippen molar-refractivity contribution in [3.8, 4) is 0 Å². The average Bonchev–Trinajstić information content (AvgIpc) is 2.93. The van der Waals surface area contributed by atoms with Crippen molar-refractivity contribution >= 4 is 32.4 Å². The van der Waals surface area contributed by atoms with Gasteiger partial charge in [-0.2, -0.15) is 0 Å². The SMILES string of the molecule is O=S(=O)(c1ccc2oc3c(c2c1)CCNC3)c1ccccc1Cl. The van der Waals surface area contributed by atoms with E-state index in [1.165, 1.54) is 6.07 Å². The Labute approximate surface area is 139 Å². The molecule has 3 aromatic rings. The summed E-state index contributed by atoms with van der Waals surface area (Å²) in [6, 6.07) is 11.5. The molecule has 4 rings (SSSR count). The summed E-state index contributed by atoms with van der Waals surface area (Å²) in [6.45, 7) is 1.54. The molecule has 4 nitrogen and oxygen atoms in total. The highest BCUT2D eigenvalue weighted by Crippen LogP contribution is 2.33. The standard InChI is InChI=1S/C17H14ClNO3S/c18-14-3-1-2-4-17(14)23(20,21)11-5-6-15-13(9-11)12-7-8-19-10-16(12)22-15/h1-6,9,19H,7-8,10H2.